The molecule has 20 heavy (non-hydrogen) atoms. The SMILES string of the molecule is Cc1[nH]ncc1CCCNC(=O)NC(C(=O)O)C(C)C. The molecule has 0 fully saturated rings. The minimum Gasteiger partial charge on any atom is -0.480 e. The van der Waals surface area contributed by atoms with Crippen LogP contribution in [-0.2, 0) is 11.2 Å². The molecule has 0 aliphatic carbocycles. The number of amides is 2. The van der Waals surface area contributed by atoms with Crippen LogP contribution in [0.4, 0.5) is 4.79 Å². The number of carboxylic acids is 1. The van der Waals surface area contributed by atoms with Crippen molar-refractivity contribution in [2.45, 2.75) is 39.7 Å². The van der Waals surface area contributed by atoms with Crippen LogP contribution in [0.15, 0.2) is 6.20 Å². The van der Waals surface area contributed by atoms with E-state index >= 15 is 0 Å². The number of H-pyrrole nitrogens is 1. The van der Waals surface area contributed by atoms with Gasteiger partial charge in [0.25, 0.3) is 0 Å². The van der Waals surface area contributed by atoms with Gasteiger partial charge in [0.15, 0.2) is 0 Å². The van der Waals surface area contributed by atoms with Crippen molar-refractivity contribution in [3.8, 4) is 0 Å². The van der Waals surface area contributed by atoms with Crippen molar-refractivity contribution in [1.82, 2.24) is 20.8 Å². The number of nitrogens with zero attached hydrogens (tertiary/aromatic N) is 1. The number of nitrogens with one attached hydrogen (secondary N) is 3. The predicted molar refractivity (Wildman–Crippen MR) is 74.4 cm³/mol. The summed E-state index contributed by atoms with van der Waals surface area (Å²) >= 11 is 0. The summed E-state index contributed by atoms with van der Waals surface area (Å²) in [6.07, 6.45) is 3.36. The van der Waals surface area contributed by atoms with Gasteiger partial charge in [-0.3, -0.25) is 5.10 Å². The van der Waals surface area contributed by atoms with E-state index in [1.807, 2.05) is 6.92 Å². The molecular formula is C13H22N4O3. The summed E-state index contributed by atoms with van der Waals surface area (Å²) in [5.74, 6) is -1.18. The van der Waals surface area contributed by atoms with Crippen molar-refractivity contribution < 1.29 is 14.7 Å². The lowest BCUT2D eigenvalue weighted by Crippen LogP contribution is -2.48. The van der Waals surface area contributed by atoms with Crippen LogP contribution in [0.2, 0.25) is 0 Å². The molecular weight excluding hydrogens is 260 g/mol. The summed E-state index contributed by atoms with van der Waals surface area (Å²) in [7, 11) is 0. The summed E-state index contributed by atoms with van der Waals surface area (Å²) in [5.41, 5.74) is 2.15. The largest absolute Gasteiger partial charge is 0.480 e. The summed E-state index contributed by atoms with van der Waals surface area (Å²) < 4.78 is 0. The van der Waals surface area contributed by atoms with Crippen molar-refractivity contribution in [3.63, 3.8) is 0 Å². The maximum absolute atomic E-state index is 11.6. The first-order chi connectivity index (χ1) is 9.41. The van der Waals surface area contributed by atoms with Gasteiger partial charge in [0.05, 0.1) is 6.20 Å². The van der Waals surface area contributed by atoms with E-state index in [4.69, 9.17) is 5.11 Å². The number of urea groups is 1. The summed E-state index contributed by atoms with van der Waals surface area (Å²) in [4.78, 5) is 22.5. The molecule has 0 aliphatic rings. The third-order valence-corrected chi connectivity index (χ3v) is 3.06. The molecule has 1 unspecified atom stereocenters. The Bertz CT molecular complexity index is 456. The van der Waals surface area contributed by atoms with E-state index in [-0.39, 0.29) is 5.92 Å². The number of rotatable bonds is 7. The fraction of sp³-hybridized carbons (Fsp3) is 0.615. The number of carboxylic acid groups (broad SMARTS) is 1. The van der Waals surface area contributed by atoms with Gasteiger partial charge >= 0.3 is 12.0 Å². The number of hydrogen-bond donors (Lipinski definition) is 4. The Kier molecular flexibility index (Phi) is 6.02. The average Bonchev–Trinajstić information content (AvgIpc) is 2.76. The highest BCUT2D eigenvalue weighted by Crippen LogP contribution is 2.05. The first-order valence-corrected chi connectivity index (χ1v) is 6.67. The van der Waals surface area contributed by atoms with Crippen molar-refractivity contribution in [2.24, 2.45) is 5.92 Å². The molecule has 0 spiro atoms. The molecule has 0 aliphatic heterocycles. The second-order valence-electron chi connectivity index (χ2n) is 5.08. The summed E-state index contributed by atoms with van der Waals surface area (Å²) in [6, 6.07) is -1.32. The van der Waals surface area contributed by atoms with Crippen LogP contribution in [0.3, 0.4) is 0 Å². The molecule has 7 heteroatoms. The lowest BCUT2D eigenvalue weighted by Gasteiger charge is -2.18. The Morgan fingerprint density at radius 2 is 2.15 bits per heavy atom. The van der Waals surface area contributed by atoms with Crippen LogP contribution in [0, 0.1) is 12.8 Å². The molecule has 1 heterocycles. The van der Waals surface area contributed by atoms with Gasteiger partial charge < -0.3 is 15.7 Å². The Morgan fingerprint density at radius 3 is 2.65 bits per heavy atom. The zero-order chi connectivity index (χ0) is 15.1. The maximum Gasteiger partial charge on any atom is 0.326 e. The lowest BCUT2D eigenvalue weighted by atomic mass is 10.1. The van der Waals surface area contributed by atoms with Gasteiger partial charge in [0.1, 0.15) is 6.04 Å². The minimum absolute atomic E-state index is 0.160. The molecule has 2 amide bonds. The lowest BCUT2D eigenvalue weighted by molar-refractivity contribution is -0.140. The molecule has 1 aromatic rings. The number of carbonyl (C=O) groups is 2. The van der Waals surface area contributed by atoms with Crippen LogP contribution in [0.5, 0.6) is 0 Å². The van der Waals surface area contributed by atoms with E-state index in [0.29, 0.717) is 6.54 Å². The fourth-order valence-corrected chi connectivity index (χ4v) is 1.81. The standard InChI is InChI=1S/C13H22N4O3/c1-8(2)11(12(18)19)16-13(20)14-6-4-5-10-7-15-17-9(10)3/h7-8,11H,4-6H2,1-3H3,(H,15,17)(H,18,19)(H2,14,16,20). The van der Waals surface area contributed by atoms with Gasteiger partial charge in [-0.1, -0.05) is 13.8 Å². The number of aromatic amines is 1. The van der Waals surface area contributed by atoms with Crippen LogP contribution in [-0.4, -0.2) is 39.9 Å². The van der Waals surface area contributed by atoms with Crippen molar-refractivity contribution >= 4 is 12.0 Å². The molecule has 1 rings (SSSR count). The van der Waals surface area contributed by atoms with Crippen LogP contribution >= 0.6 is 0 Å². The number of carbonyl (C=O) groups excluding carboxylic acids is 1. The second kappa shape index (κ2) is 7.52. The first kappa shape index (κ1) is 16.0. The molecule has 0 saturated heterocycles. The number of aryl methyl sites for hydroxylation is 2. The molecule has 0 saturated carbocycles. The predicted octanol–water partition coefficient (Wildman–Crippen LogP) is 1.06. The quantitative estimate of drug-likeness (QED) is 0.561. The smallest absolute Gasteiger partial charge is 0.326 e. The first-order valence-electron chi connectivity index (χ1n) is 6.67. The van der Waals surface area contributed by atoms with E-state index < -0.39 is 18.0 Å². The van der Waals surface area contributed by atoms with Crippen molar-refractivity contribution in [2.75, 3.05) is 6.54 Å². The van der Waals surface area contributed by atoms with E-state index in [1.54, 1.807) is 20.0 Å². The van der Waals surface area contributed by atoms with E-state index in [0.717, 1.165) is 24.1 Å². The number of hydrogen-bond acceptors (Lipinski definition) is 3. The highest BCUT2D eigenvalue weighted by molar-refractivity contribution is 5.82. The average molecular weight is 282 g/mol. The van der Waals surface area contributed by atoms with Crippen LogP contribution < -0.4 is 10.6 Å². The van der Waals surface area contributed by atoms with Gasteiger partial charge in [0.2, 0.25) is 0 Å². The second-order valence-corrected chi connectivity index (χ2v) is 5.08. The zero-order valence-corrected chi connectivity index (χ0v) is 12.1. The molecule has 1 aromatic heterocycles. The summed E-state index contributed by atoms with van der Waals surface area (Å²) in [5, 5.41) is 20.9. The van der Waals surface area contributed by atoms with E-state index in [9.17, 15) is 9.59 Å². The zero-order valence-electron chi connectivity index (χ0n) is 12.1. The van der Waals surface area contributed by atoms with Gasteiger partial charge in [-0.15, -0.1) is 0 Å². The Balaban J connectivity index is 2.26. The minimum atomic E-state index is -1.02. The molecule has 4 N–H and O–H groups in total. The number of aromatic nitrogens is 2. The topological polar surface area (TPSA) is 107 Å². The molecule has 0 aromatic carbocycles. The van der Waals surface area contributed by atoms with E-state index in [1.165, 1.54) is 0 Å². The molecule has 0 radical (unpaired) electrons. The maximum atomic E-state index is 11.6. The van der Waals surface area contributed by atoms with Gasteiger partial charge in [-0.2, -0.15) is 5.10 Å². The van der Waals surface area contributed by atoms with Gasteiger partial charge in [0, 0.05) is 12.2 Å². The van der Waals surface area contributed by atoms with Gasteiger partial charge in [-0.25, -0.2) is 9.59 Å². The van der Waals surface area contributed by atoms with Gasteiger partial charge in [-0.05, 0) is 31.2 Å². The molecule has 0 bridgehead atoms. The number of aliphatic carboxylic acids is 1. The molecule has 112 valence electrons. The third kappa shape index (κ3) is 4.91. The Morgan fingerprint density at radius 1 is 1.45 bits per heavy atom. The van der Waals surface area contributed by atoms with Crippen LogP contribution in [0.25, 0.3) is 0 Å². The molecule has 7 nitrogen and oxygen atoms in total. The monoisotopic (exact) mass is 282 g/mol. The Labute approximate surface area is 118 Å². The highest BCUT2D eigenvalue weighted by atomic mass is 16.4. The Hall–Kier alpha value is -2.05. The highest BCUT2D eigenvalue weighted by Gasteiger charge is 2.22. The van der Waals surface area contributed by atoms with E-state index in [2.05, 4.69) is 20.8 Å². The molecule has 1 atom stereocenters. The van der Waals surface area contributed by atoms with Crippen molar-refractivity contribution in [3.05, 3.63) is 17.5 Å². The van der Waals surface area contributed by atoms with Crippen LogP contribution in [0.1, 0.15) is 31.5 Å². The fourth-order valence-electron chi connectivity index (χ4n) is 1.81. The summed E-state index contributed by atoms with van der Waals surface area (Å²) in [6.45, 7) is 5.94. The normalized spacial score (nSPS) is 12.2. The van der Waals surface area contributed by atoms with Crippen molar-refractivity contribution in [1.29, 1.82) is 0 Å². The third-order valence-electron chi connectivity index (χ3n) is 3.06.